The van der Waals surface area contributed by atoms with Crippen LogP contribution in [0.2, 0.25) is 0 Å². The number of hydrogen-bond donors (Lipinski definition) is 3. The van der Waals surface area contributed by atoms with Gasteiger partial charge in [-0.3, -0.25) is 14.9 Å². The highest BCUT2D eigenvalue weighted by Crippen LogP contribution is 2.07. The molecule has 4 amide bonds. The molecule has 0 aliphatic rings. The number of imide groups is 1. The number of amides is 4. The van der Waals surface area contributed by atoms with Crippen LogP contribution in [0.3, 0.4) is 0 Å². The van der Waals surface area contributed by atoms with Crippen LogP contribution in [0, 0.1) is 4.91 Å². The fraction of sp³-hybridized carbons (Fsp3) is 0.727. The van der Waals surface area contributed by atoms with Gasteiger partial charge in [-0.15, -0.1) is 39.7 Å². The van der Waals surface area contributed by atoms with Crippen LogP contribution in [0.1, 0.15) is 6.42 Å². The molecule has 0 aliphatic heterocycles. The number of carbonyl (C=O) groups is 3. The van der Waals surface area contributed by atoms with Gasteiger partial charge < -0.3 is 10.6 Å². The summed E-state index contributed by atoms with van der Waals surface area (Å²) in [5.41, 5.74) is 0. The molecule has 1 atom stereocenters. The van der Waals surface area contributed by atoms with E-state index in [1.54, 1.807) is 0 Å². The molecule has 9 nitrogen and oxygen atoms in total. The molecule has 0 heterocycles. The van der Waals surface area contributed by atoms with Gasteiger partial charge in [-0.2, -0.15) is 0 Å². The van der Waals surface area contributed by atoms with Crippen molar-refractivity contribution >= 4 is 52.6 Å². The number of halogens is 3. The number of carbonyl (C=O) groups excluding carboxylic acids is 3. The van der Waals surface area contributed by atoms with E-state index in [0.29, 0.717) is 0 Å². The van der Waals surface area contributed by atoms with Crippen molar-refractivity contribution in [1.82, 2.24) is 21.0 Å². The molecule has 0 rings (SSSR count). The lowest BCUT2D eigenvalue weighted by Crippen LogP contribution is -2.51. The highest BCUT2D eigenvalue weighted by Gasteiger charge is 2.29. The molecule has 3 N–H and O–H groups in total. The van der Waals surface area contributed by atoms with E-state index in [1.165, 1.54) is 0 Å². The molecule has 23 heavy (non-hydrogen) atoms. The van der Waals surface area contributed by atoms with Gasteiger partial charge in [0, 0.05) is 30.7 Å². The number of urea groups is 1. The number of alkyl halides is 3. The Bertz CT molecular complexity index is 413. The molecule has 0 radical (unpaired) electrons. The Morgan fingerprint density at radius 1 is 1.00 bits per heavy atom. The molecule has 0 aromatic carbocycles. The Hall–Kier alpha value is -1.32. The molecule has 0 bridgehead atoms. The number of nitroso groups, excluding NO2 is 1. The second-order valence-electron chi connectivity index (χ2n) is 4.13. The average Bonchev–Trinajstić information content (AvgIpc) is 2.53. The molecule has 132 valence electrons. The van der Waals surface area contributed by atoms with Crippen molar-refractivity contribution in [3.63, 3.8) is 0 Å². The third-order valence-corrected chi connectivity index (χ3v) is 3.04. The molecular formula is C11H18Cl3N5O4. The third kappa shape index (κ3) is 9.42. The van der Waals surface area contributed by atoms with Gasteiger partial charge in [-0.1, -0.05) is 0 Å². The van der Waals surface area contributed by atoms with E-state index in [0.717, 1.165) is 5.01 Å². The fourth-order valence-corrected chi connectivity index (χ4v) is 1.87. The van der Waals surface area contributed by atoms with Gasteiger partial charge in [0.1, 0.15) is 6.04 Å². The largest absolute Gasteiger partial charge is 0.355 e. The monoisotopic (exact) mass is 389 g/mol. The van der Waals surface area contributed by atoms with Gasteiger partial charge in [0.15, 0.2) is 0 Å². The zero-order chi connectivity index (χ0) is 17.7. The van der Waals surface area contributed by atoms with E-state index in [1.807, 2.05) is 5.32 Å². The SMILES string of the molecule is O=NN(CCCl)C(CC(=O)NCCCl)C(=O)NC(=O)NCCCl. The minimum atomic E-state index is -1.27. The number of nitrogens with zero attached hydrogens (tertiary/aromatic N) is 2. The Balaban J connectivity index is 4.87. The van der Waals surface area contributed by atoms with Gasteiger partial charge >= 0.3 is 6.03 Å². The minimum absolute atomic E-state index is 0.0112. The molecule has 0 aromatic rings. The number of nitrogens with one attached hydrogen (secondary N) is 3. The highest BCUT2D eigenvalue weighted by atomic mass is 35.5. The summed E-state index contributed by atoms with van der Waals surface area (Å²) in [7, 11) is 0. The molecular weight excluding hydrogens is 373 g/mol. The molecule has 0 saturated heterocycles. The van der Waals surface area contributed by atoms with Crippen LogP contribution in [-0.4, -0.2) is 66.2 Å². The summed E-state index contributed by atoms with van der Waals surface area (Å²) in [4.78, 5) is 46.2. The van der Waals surface area contributed by atoms with E-state index >= 15 is 0 Å². The average molecular weight is 391 g/mol. The molecule has 1 unspecified atom stereocenters. The van der Waals surface area contributed by atoms with Crippen molar-refractivity contribution in [1.29, 1.82) is 0 Å². The second kappa shape index (κ2) is 13.1. The summed E-state index contributed by atoms with van der Waals surface area (Å²) < 4.78 is 0. The molecule has 0 spiro atoms. The molecule has 0 saturated carbocycles. The zero-order valence-corrected chi connectivity index (χ0v) is 14.5. The summed E-state index contributed by atoms with van der Waals surface area (Å²) in [5, 5.41) is 10.3. The van der Waals surface area contributed by atoms with Crippen molar-refractivity contribution in [2.45, 2.75) is 12.5 Å². The quantitative estimate of drug-likeness (QED) is 0.268. The molecule has 0 fully saturated rings. The van der Waals surface area contributed by atoms with E-state index in [4.69, 9.17) is 34.8 Å². The van der Waals surface area contributed by atoms with Gasteiger partial charge in [0.2, 0.25) is 5.91 Å². The lowest BCUT2D eigenvalue weighted by atomic mass is 10.1. The maximum absolute atomic E-state index is 12.1. The van der Waals surface area contributed by atoms with Crippen molar-refractivity contribution in [3.8, 4) is 0 Å². The summed E-state index contributed by atoms with van der Waals surface area (Å²) in [6, 6.07) is -2.07. The van der Waals surface area contributed by atoms with Gasteiger partial charge in [0.05, 0.1) is 18.3 Å². The summed E-state index contributed by atoms with van der Waals surface area (Å²) in [6.45, 7) is 0.295. The smallest absolute Gasteiger partial charge is 0.321 e. The topological polar surface area (TPSA) is 120 Å². The summed E-state index contributed by atoms with van der Waals surface area (Å²) >= 11 is 16.4. The van der Waals surface area contributed by atoms with Gasteiger partial charge in [-0.05, 0) is 0 Å². The van der Waals surface area contributed by atoms with Gasteiger partial charge in [0.25, 0.3) is 5.91 Å². The number of rotatable bonds is 11. The Labute approximate surface area is 148 Å². The van der Waals surface area contributed by atoms with E-state index in [2.05, 4.69) is 15.9 Å². The van der Waals surface area contributed by atoms with Crippen LogP contribution in [-0.2, 0) is 9.59 Å². The predicted molar refractivity (Wildman–Crippen MR) is 87.6 cm³/mol. The lowest BCUT2D eigenvalue weighted by molar-refractivity contribution is -0.131. The fourth-order valence-electron chi connectivity index (χ4n) is 1.51. The van der Waals surface area contributed by atoms with Gasteiger partial charge in [-0.25, -0.2) is 9.80 Å². The van der Waals surface area contributed by atoms with Crippen LogP contribution < -0.4 is 16.0 Å². The Morgan fingerprint density at radius 3 is 2.13 bits per heavy atom. The lowest BCUT2D eigenvalue weighted by Gasteiger charge is -2.24. The summed E-state index contributed by atoms with van der Waals surface area (Å²) in [5.74, 6) is -1.00. The maximum Gasteiger partial charge on any atom is 0.321 e. The molecule has 12 heteroatoms. The third-order valence-electron chi connectivity index (χ3n) is 2.49. The van der Waals surface area contributed by atoms with Crippen molar-refractivity contribution in [2.24, 2.45) is 5.29 Å². The Kier molecular flexibility index (Phi) is 12.4. The molecule has 0 aromatic heterocycles. The second-order valence-corrected chi connectivity index (χ2v) is 5.26. The highest BCUT2D eigenvalue weighted by molar-refractivity contribution is 6.18. The first kappa shape index (κ1) is 21.7. The standard InChI is InChI=1S/C11H18Cl3N5O4/c12-1-4-15-9(20)7-8(19(18-23)6-3-14)10(21)17-11(22)16-5-2-13/h8H,1-7H2,(H,15,20)(H2,16,17,21,22). The summed E-state index contributed by atoms with van der Waals surface area (Å²) in [6.07, 6.45) is -0.381. The minimum Gasteiger partial charge on any atom is -0.355 e. The predicted octanol–water partition coefficient (Wildman–Crippen LogP) is 0.387. The first-order valence-corrected chi connectivity index (χ1v) is 8.23. The van der Waals surface area contributed by atoms with Crippen LogP contribution in [0.15, 0.2) is 5.29 Å². The normalized spacial score (nSPS) is 11.3. The number of hydrogen-bond acceptors (Lipinski definition) is 5. The zero-order valence-electron chi connectivity index (χ0n) is 12.2. The van der Waals surface area contributed by atoms with E-state index in [9.17, 15) is 19.3 Å². The maximum atomic E-state index is 12.1. The first-order valence-electron chi connectivity index (χ1n) is 6.63. The first-order chi connectivity index (χ1) is 11.0. The van der Waals surface area contributed by atoms with E-state index in [-0.39, 0.29) is 43.7 Å². The van der Waals surface area contributed by atoms with Crippen molar-refractivity contribution in [3.05, 3.63) is 4.91 Å². The van der Waals surface area contributed by atoms with Crippen LogP contribution in [0.5, 0.6) is 0 Å². The van der Waals surface area contributed by atoms with Crippen LogP contribution in [0.25, 0.3) is 0 Å². The van der Waals surface area contributed by atoms with Crippen molar-refractivity contribution in [2.75, 3.05) is 37.3 Å². The van der Waals surface area contributed by atoms with Crippen LogP contribution >= 0.6 is 34.8 Å². The van der Waals surface area contributed by atoms with E-state index < -0.39 is 23.9 Å². The van der Waals surface area contributed by atoms with Crippen LogP contribution in [0.4, 0.5) is 4.79 Å². The molecule has 0 aliphatic carbocycles. The van der Waals surface area contributed by atoms with Crippen molar-refractivity contribution < 1.29 is 14.4 Å². The Morgan fingerprint density at radius 2 is 1.61 bits per heavy atom.